The number of aromatic nitrogens is 1. The van der Waals surface area contributed by atoms with Gasteiger partial charge < -0.3 is 14.2 Å². The van der Waals surface area contributed by atoms with Crippen molar-refractivity contribution in [3.8, 4) is 0 Å². The van der Waals surface area contributed by atoms with Gasteiger partial charge in [0.05, 0.1) is 11.6 Å². The van der Waals surface area contributed by atoms with Gasteiger partial charge in [-0.1, -0.05) is 18.2 Å². The van der Waals surface area contributed by atoms with E-state index in [1.807, 2.05) is 18.2 Å². The lowest BCUT2D eigenvalue weighted by Gasteiger charge is -2.32. The van der Waals surface area contributed by atoms with Crippen molar-refractivity contribution in [1.82, 2.24) is 15.0 Å². The molecule has 1 heterocycles. The lowest BCUT2D eigenvalue weighted by Crippen LogP contribution is -2.50. The van der Waals surface area contributed by atoms with Crippen LogP contribution in [0.3, 0.4) is 0 Å². The number of amides is 2. The van der Waals surface area contributed by atoms with Crippen molar-refractivity contribution in [1.29, 1.82) is 0 Å². The Morgan fingerprint density at radius 3 is 1.91 bits per heavy atom. The summed E-state index contributed by atoms with van der Waals surface area (Å²) in [7, 11) is 0. The van der Waals surface area contributed by atoms with Crippen LogP contribution in [0.1, 0.15) is 80.8 Å². The summed E-state index contributed by atoms with van der Waals surface area (Å²) in [6, 6.07) is 6.55. The van der Waals surface area contributed by atoms with Crippen molar-refractivity contribution in [2.24, 2.45) is 0 Å². The van der Waals surface area contributed by atoms with E-state index in [-0.39, 0.29) is 0 Å². The van der Waals surface area contributed by atoms with E-state index < -0.39 is 41.1 Å². The molecule has 0 spiro atoms. The quantitative estimate of drug-likeness (QED) is 0.412. The summed E-state index contributed by atoms with van der Waals surface area (Å²) < 4.78 is 17.8. The van der Waals surface area contributed by atoms with Crippen molar-refractivity contribution in [3.05, 3.63) is 36.0 Å². The van der Waals surface area contributed by atoms with E-state index in [0.29, 0.717) is 11.1 Å². The molecule has 0 bridgehead atoms. The molecule has 1 aromatic heterocycles. The number of fused-ring (bicyclic) bond motifs is 1. The molecule has 0 saturated carbocycles. The Morgan fingerprint density at radius 1 is 0.853 bits per heavy atom. The van der Waals surface area contributed by atoms with Crippen molar-refractivity contribution >= 4 is 29.2 Å². The zero-order chi connectivity index (χ0) is 26.1. The standard InChI is InChI=1S/C25H37N3O6/c1-16(28(22(31)34-25(8,9)10)26-20(29)32-23(2,3)4)18-15-27(21(30)33-24(5,6)7)19-14-12-11-13-17(18)19/h11-16H,1-10H3,(H,26,29). The fourth-order valence-electron chi connectivity index (χ4n) is 3.15. The summed E-state index contributed by atoms with van der Waals surface area (Å²) in [5.41, 5.74) is 1.49. The average molecular weight is 476 g/mol. The van der Waals surface area contributed by atoms with E-state index in [9.17, 15) is 14.4 Å². The Hall–Kier alpha value is -3.23. The number of nitrogens with zero attached hydrogens (tertiary/aromatic N) is 2. The molecule has 2 amide bonds. The van der Waals surface area contributed by atoms with Crippen LogP contribution >= 0.6 is 0 Å². The first-order valence-corrected chi connectivity index (χ1v) is 11.2. The number of carbonyl (C=O) groups is 3. The molecule has 1 aromatic carbocycles. The monoisotopic (exact) mass is 475 g/mol. The van der Waals surface area contributed by atoms with E-state index in [1.165, 1.54) is 4.57 Å². The summed E-state index contributed by atoms with van der Waals surface area (Å²) in [5.74, 6) is 0. The van der Waals surface area contributed by atoms with Gasteiger partial charge >= 0.3 is 18.3 Å². The van der Waals surface area contributed by atoms with Crippen LogP contribution in [0.4, 0.5) is 14.4 Å². The molecule has 2 rings (SSSR count). The van der Waals surface area contributed by atoms with Gasteiger partial charge in [-0.25, -0.2) is 24.8 Å². The SMILES string of the molecule is CC(c1cn(C(=O)OC(C)(C)C)c2ccccc12)N(NC(=O)OC(C)(C)C)C(=O)OC(C)(C)C. The predicted molar refractivity (Wildman–Crippen MR) is 129 cm³/mol. The Morgan fingerprint density at radius 2 is 1.38 bits per heavy atom. The first-order chi connectivity index (χ1) is 15.4. The molecule has 9 nitrogen and oxygen atoms in total. The Labute approximate surface area is 201 Å². The first kappa shape index (κ1) is 27.0. The number of para-hydroxylation sites is 1. The third kappa shape index (κ3) is 7.40. The number of hydrazine groups is 1. The molecule has 9 heteroatoms. The maximum atomic E-state index is 13.1. The molecule has 188 valence electrons. The van der Waals surface area contributed by atoms with Crippen LogP contribution in [-0.2, 0) is 14.2 Å². The molecule has 0 radical (unpaired) electrons. The average Bonchev–Trinajstić information content (AvgIpc) is 3.01. The summed E-state index contributed by atoms with van der Waals surface area (Å²) in [4.78, 5) is 38.5. The highest BCUT2D eigenvalue weighted by molar-refractivity contribution is 5.92. The number of rotatable bonds is 2. The second-order valence-electron chi connectivity index (χ2n) is 11.1. The highest BCUT2D eigenvalue weighted by Gasteiger charge is 2.32. The Bertz CT molecular complexity index is 1050. The maximum Gasteiger partial charge on any atom is 0.429 e. The predicted octanol–water partition coefficient (Wildman–Crippen LogP) is 6.16. The zero-order valence-corrected chi connectivity index (χ0v) is 21.8. The molecule has 0 aliphatic heterocycles. The number of nitrogens with one attached hydrogen (secondary N) is 1. The zero-order valence-electron chi connectivity index (χ0n) is 21.8. The van der Waals surface area contributed by atoms with Crippen LogP contribution in [0, 0.1) is 0 Å². The van der Waals surface area contributed by atoms with Crippen LogP contribution in [0.2, 0.25) is 0 Å². The molecule has 0 fully saturated rings. The molecule has 0 aliphatic rings. The van der Waals surface area contributed by atoms with E-state index in [2.05, 4.69) is 5.43 Å². The second kappa shape index (κ2) is 9.56. The number of hydrogen-bond acceptors (Lipinski definition) is 6. The minimum atomic E-state index is -0.805. The molecule has 1 N–H and O–H groups in total. The van der Waals surface area contributed by atoms with Gasteiger partial charge in [0.1, 0.15) is 16.8 Å². The summed E-state index contributed by atoms with van der Waals surface area (Å²) >= 11 is 0. The van der Waals surface area contributed by atoms with E-state index in [0.717, 1.165) is 10.4 Å². The minimum absolute atomic E-state index is 0.550. The molecule has 0 saturated heterocycles. The van der Waals surface area contributed by atoms with E-state index in [4.69, 9.17) is 14.2 Å². The van der Waals surface area contributed by atoms with Gasteiger partial charge in [0.2, 0.25) is 0 Å². The molecule has 2 aromatic rings. The Kier molecular flexibility index (Phi) is 7.60. The fraction of sp³-hybridized carbons (Fsp3) is 0.560. The van der Waals surface area contributed by atoms with E-state index >= 15 is 0 Å². The number of carbonyl (C=O) groups excluding carboxylic acids is 3. The smallest absolute Gasteiger partial charge is 0.429 e. The Balaban J connectivity index is 2.52. The van der Waals surface area contributed by atoms with Gasteiger partial charge in [-0.05, 0) is 75.3 Å². The van der Waals surface area contributed by atoms with E-state index in [1.54, 1.807) is 81.5 Å². The largest absolute Gasteiger partial charge is 0.443 e. The molecule has 1 unspecified atom stereocenters. The lowest BCUT2D eigenvalue weighted by atomic mass is 10.1. The van der Waals surface area contributed by atoms with Crippen LogP contribution in [0.25, 0.3) is 10.9 Å². The van der Waals surface area contributed by atoms with Gasteiger partial charge in [-0.15, -0.1) is 0 Å². The molecule has 0 aliphatic carbocycles. The summed E-state index contributed by atoms with van der Waals surface area (Å²) in [6.45, 7) is 17.5. The highest BCUT2D eigenvalue weighted by Crippen LogP contribution is 2.31. The maximum absolute atomic E-state index is 13.1. The first-order valence-electron chi connectivity index (χ1n) is 11.2. The minimum Gasteiger partial charge on any atom is -0.443 e. The van der Waals surface area contributed by atoms with Crippen molar-refractivity contribution in [3.63, 3.8) is 0 Å². The summed E-state index contributed by atoms with van der Waals surface area (Å²) in [6.07, 6.45) is -0.510. The van der Waals surface area contributed by atoms with Crippen LogP contribution in [-0.4, -0.2) is 44.7 Å². The molecular formula is C25H37N3O6. The number of ether oxygens (including phenoxy) is 3. The lowest BCUT2D eigenvalue weighted by molar-refractivity contribution is -0.00792. The molecular weight excluding hydrogens is 438 g/mol. The fourth-order valence-corrected chi connectivity index (χ4v) is 3.15. The van der Waals surface area contributed by atoms with Gasteiger partial charge in [0.25, 0.3) is 0 Å². The number of hydrogen-bond donors (Lipinski definition) is 1. The van der Waals surface area contributed by atoms with Crippen molar-refractivity contribution in [2.75, 3.05) is 0 Å². The van der Waals surface area contributed by atoms with Crippen molar-refractivity contribution in [2.45, 2.75) is 92.1 Å². The van der Waals surface area contributed by atoms with Gasteiger partial charge in [-0.2, -0.15) is 0 Å². The third-order valence-corrected chi connectivity index (χ3v) is 4.37. The van der Waals surface area contributed by atoms with Gasteiger partial charge in [-0.3, -0.25) is 4.57 Å². The molecule has 34 heavy (non-hydrogen) atoms. The third-order valence-electron chi connectivity index (χ3n) is 4.37. The van der Waals surface area contributed by atoms with Crippen LogP contribution in [0.15, 0.2) is 30.5 Å². The highest BCUT2D eigenvalue weighted by atomic mass is 16.6. The second-order valence-corrected chi connectivity index (χ2v) is 11.1. The van der Waals surface area contributed by atoms with Crippen LogP contribution < -0.4 is 5.43 Å². The van der Waals surface area contributed by atoms with Crippen LogP contribution in [0.5, 0.6) is 0 Å². The topological polar surface area (TPSA) is 99.1 Å². The normalized spacial score (nSPS) is 13.2. The van der Waals surface area contributed by atoms with Gasteiger partial charge in [0.15, 0.2) is 0 Å². The summed E-state index contributed by atoms with van der Waals surface area (Å²) in [5, 5.41) is 1.79. The molecule has 1 atom stereocenters. The number of benzene rings is 1. The van der Waals surface area contributed by atoms with Gasteiger partial charge in [0, 0.05) is 17.1 Å². The van der Waals surface area contributed by atoms with Crippen molar-refractivity contribution < 1.29 is 28.6 Å².